The maximum Gasteiger partial charge on any atom is 0.306 e. The second-order valence-electron chi connectivity index (χ2n) is 13.8. The Kier molecular flexibility index (Phi) is 23.5. The van der Waals surface area contributed by atoms with Crippen molar-refractivity contribution in [1.29, 1.82) is 0 Å². The van der Waals surface area contributed by atoms with Crippen LogP contribution in [0.2, 0.25) is 0 Å². The van der Waals surface area contributed by atoms with Gasteiger partial charge in [-0.15, -0.1) is 0 Å². The van der Waals surface area contributed by atoms with Crippen molar-refractivity contribution in [2.24, 2.45) is 0 Å². The molecule has 0 aliphatic carbocycles. The van der Waals surface area contributed by atoms with Gasteiger partial charge in [0.1, 0.15) is 55.4 Å². The van der Waals surface area contributed by atoms with E-state index in [9.17, 15) is 45.3 Å². The Balaban J connectivity index is 1.93. The fourth-order valence-electron chi connectivity index (χ4n) is 6.04. The highest BCUT2D eigenvalue weighted by molar-refractivity contribution is 5.70. The minimum absolute atomic E-state index is 0.169. The lowest BCUT2D eigenvalue weighted by molar-refractivity contribution is -0.332. The number of hydrogen-bond donors (Lipinski definition) is 7. The minimum atomic E-state index is -1.75. The molecule has 0 unspecified atom stereocenters. The number of carbonyl (C=O) groups is 2. The summed E-state index contributed by atoms with van der Waals surface area (Å²) in [5, 5.41) is 71.4. The topological polar surface area (TPSA) is 231 Å². The summed E-state index contributed by atoms with van der Waals surface area (Å²) in [5.41, 5.74) is 0. The molecular formula is C36H66O15. The van der Waals surface area contributed by atoms with E-state index in [0.717, 1.165) is 44.9 Å². The number of aliphatic hydroxyl groups is 7. The van der Waals surface area contributed by atoms with Crippen molar-refractivity contribution >= 4 is 11.9 Å². The second-order valence-corrected chi connectivity index (χ2v) is 13.8. The van der Waals surface area contributed by atoms with Crippen LogP contribution < -0.4 is 0 Å². The maximum absolute atomic E-state index is 12.7. The number of esters is 2. The van der Waals surface area contributed by atoms with Crippen molar-refractivity contribution in [2.75, 3.05) is 26.4 Å². The van der Waals surface area contributed by atoms with Gasteiger partial charge >= 0.3 is 11.9 Å². The first kappa shape index (κ1) is 45.7. The van der Waals surface area contributed by atoms with Gasteiger partial charge in [-0.1, -0.05) is 97.3 Å². The van der Waals surface area contributed by atoms with Gasteiger partial charge < -0.3 is 64.2 Å². The van der Waals surface area contributed by atoms with Crippen LogP contribution in [0.3, 0.4) is 0 Å². The van der Waals surface area contributed by atoms with Crippen LogP contribution in [-0.4, -0.2) is 142 Å². The van der Waals surface area contributed by atoms with E-state index in [0.29, 0.717) is 12.8 Å². The van der Waals surface area contributed by atoms with Crippen LogP contribution in [0.4, 0.5) is 0 Å². The Labute approximate surface area is 302 Å². The third kappa shape index (κ3) is 17.0. The molecule has 0 radical (unpaired) electrons. The van der Waals surface area contributed by atoms with Gasteiger partial charge in [0, 0.05) is 12.8 Å². The Bertz CT molecular complexity index is 923. The molecule has 300 valence electrons. The summed E-state index contributed by atoms with van der Waals surface area (Å²) in [6, 6.07) is 0. The number of hydrogen-bond acceptors (Lipinski definition) is 15. The molecule has 2 saturated heterocycles. The Morgan fingerprint density at radius 1 is 0.549 bits per heavy atom. The maximum atomic E-state index is 12.7. The molecule has 0 saturated carbocycles. The molecule has 15 nitrogen and oxygen atoms in total. The standard InChI is InChI=1S/C36H66O15/c1-3-5-7-9-11-13-15-17-19-28(39)49-24(21-46-27(38)18-16-14-12-10-8-6-4-2)22-47-35-34(45)32(43)30(41)26(51-35)23-48-36-33(44)31(42)29(40)25(20-37)50-36/h24-26,29-37,40-45H,3-23H2,1-2H3/t24-,25-,26-,29+,30+,31+,32+,33-,34-,35-,36+/m1/s1. The van der Waals surface area contributed by atoms with Crippen LogP contribution in [0.25, 0.3) is 0 Å². The highest BCUT2D eigenvalue weighted by atomic mass is 16.7. The molecule has 2 aliphatic heterocycles. The van der Waals surface area contributed by atoms with Gasteiger partial charge in [0.25, 0.3) is 0 Å². The number of ether oxygens (including phenoxy) is 6. The fourth-order valence-corrected chi connectivity index (χ4v) is 6.04. The van der Waals surface area contributed by atoms with E-state index in [4.69, 9.17) is 28.4 Å². The second kappa shape index (κ2) is 26.3. The first-order valence-electron chi connectivity index (χ1n) is 19.1. The first-order chi connectivity index (χ1) is 24.5. The van der Waals surface area contributed by atoms with Crippen molar-refractivity contribution in [1.82, 2.24) is 0 Å². The summed E-state index contributed by atoms with van der Waals surface area (Å²) in [7, 11) is 0. The molecule has 2 fully saturated rings. The van der Waals surface area contributed by atoms with Crippen molar-refractivity contribution in [3.8, 4) is 0 Å². The average molecular weight is 739 g/mol. The summed E-state index contributed by atoms with van der Waals surface area (Å²) in [5.74, 6) is -0.935. The highest BCUT2D eigenvalue weighted by Gasteiger charge is 2.47. The van der Waals surface area contributed by atoms with E-state index in [1.165, 1.54) is 38.5 Å². The highest BCUT2D eigenvalue weighted by Crippen LogP contribution is 2.26. The van der Waals surface area contributed by atoms with Gasteiger partial charge in [-0.05, 0) is 12.8 Å². The molecular weight excluding hydrogens is 672 g/mol. The largest absolute Gasteiger partial charge is 0.462 e. The molecule has 0 bridgehead atoms. The molecule has 0 aromatic rings. The fraction of sp³-hybridized carbons (Fsp3) is 0.944. The quantitative estimate of drug-likeness (QED) is 0.0470. The van der Waals surface area contributed by atoms with E-state index in [2.05, 4.69) is 13.8 Å². The molecule has 2 rings (SSSR count). The first-order valence-corrected chi connectivity index (χ1v) is 19.1. The summed E-state index contributed by atoms with van der Waals surface area (Å²) in [6.45, 7) is 2.45. The number of unbranched alkanes of at least 4 members (excludes halogenated alkanes) is 13. The van der Waals surface area contributed by atoms with Crippen LogP contribution in [0, 0.1) is 0 Å². The van der Waals surface area contributed by atoms with Crippen LogP contribution in [0.5, 0.6) is 0 Å². The van der Waals surface area contributed by atoms with Gasteiger partial charge in [-0.3, -0.25) is 9.59 Å². The predicted octanol–water partition coefficient (Wildman–Crippen LogP) is 1.75. The molecule has 0 amide bonds. The third-order valence-electron chi connectivity index (χ3n) is 9.34. The van der Waals surface area contributed by atoms with Crippen LogP contribution in [-0.2, 0) is 38.0 Å². The molecule has 0 spiro atoms. The lowest BCUT2D eigenvalue weighted by Crippen LogP contribution is -2.61. The van der Waals surface area contributed by atoms with Gasteiger partial charge in [-0.25, -0.2) is 0 Å². The van der Waals surface area contributed by atoms with Crippen molar-refractivity contribution in [3.05, 3.63) is 0 Å². The molecule has 2 heterocycles. The Hall–Kier alpha value is -1.50. The minimum Gasteiger partial charge on any atom is -0.462 e. The van der Waals surface area contributed by atoms with Crippen LogP contribution >= 0.6 is 0 Å². The zero-order valence-corrected chi connectivity index (χ0v) is 30.6. The third-order valence-corrected chi connectivity index (χ3v) is 9.34. The lowest BCUT2D eigenvalue weighted by atomic mass is 9.98. The smallest absolute Gasteiger partial charge is 0.306 e. The predicted molar refractivity (Wildman–Crippen MR) is 183 cm³/mol. The zero-order chi connectivity index (χ0) is 37.6. The van der Waals surface area contributed by atoms with Crippen molar-refractivity contribution in [3.63, 3.8) is 0 Å². The SMILES string of the molecule is CCCCCCCCCCC(=O)O[C@H](COC(=O)CCCCCCCCC)CO[C@@H]1O[C@H](CO[C@H]2O[C@H](CO)[C@H](O)[C@H](O)[C@H]2O)[C@H](O)[C@H](O)[C@H]1O. The van der Waals surface area contributed by atoms with Crippen molar-refractivity contribution < 1.29 is 73.8 Å². The monoisotopic (exact) mass is 738 g/mol. The number of aliphatic hydroxyl groups excluding tert-OH is 7. The zero-order valence-electron chi connectivity index (χ0n) is 30.6. The van der Waals surface area contributed by atoms with E-state index in [-0.39, 0.29) is 26.1 Å². The van der Waals surface area contributed by atoms with Crippen molar-refractivity contribution in [2.45, 2.75) is 191 Å². The Morgan fingerprint density at radius 3 is 1.53 bits per heavy atom. The van der Waals surface area contributed by atoms with Gasteiger partial charge in [-0.2, -0.15) is 0 Å². The molecule has 51 heavy (non-hydrogen) atoms. The van der Waals surface area contributed by atoms with E-state index in [1.807, 2.05) is 0 Å². The van der Waals surface area contributed by atoms with E-state index in [1.54, 1.807) is 0 Å². The molecule has 0 aromatic heterocycles. The van der Waals surface area contributed by atoms with Crippen LogP contribution in [0.1, 0.15) is 123 Å². The molecule has 15 heteroatoms. The van der Waals surface area contributed by atoms with E-state index < -0.39 is 92.7 Å². The number of carbonyl (C=O) groups excluding carboxylic acids is 2. The molecule has 2 aliphatic rings. The van der Waals surface area contributed by atoms with Crippen LogP contribution in [0.15, 0.2) is 0 Å². The number of rotatable bonds is 27. The average Bonchev–Trinajstić information content (AvgIpc) is 3.12. The van der Waals surface area contributed by atoms with Gasteiger partial charge in [0.05, 0.1) is 19.8 Å². The lowest BCUT2D eigenvalue weighted by Gasteiger charge is -2.42. The van der Waals surface area contributed by atoms with Gasteiger partial charge in [0.2, 0.25) is 0 Å². The Morgan fingerprint density at radius 2 is 1.00 bits per heavy atom. The summed E-state index contributed by atoms with van der Waals surface area (Å²) >= 11 is 0. The molecule has 0 aromatic carbocycles. The summed E-state index contributed by atoms with van der Waals surface area (Å²) < 4.78 is 33.1. The normalized spacial score (nSPS) is 30.2. The summed E-state index contributed by atoms with van der Waals surface area (Å²) in [4.78, 5) is 25.2. The van der Waals surface area contributed by atoms with Gasteiger partial charge in [0.15, 0.2) is 18.7 Å². The van der Waals surface area contributed by atoms with E-state index >= 15 is 0 Å². The molecule has 7 N–H and O–H groups in total. The molecule has 11 atom stereocenters. The summed E-state index contributed by atoms with van der Waals surface area (Å²) in [6.07, 6.45) is -0.713.